The smallest absolute Gasteiger partial charge is 0.320 e. The van der Waals surface area contributed by atoms with E-state index < -0.39 is 12.5 Å². The first-order valence-electron chi connectivity index (χ1n) is 10.8. The maximum atomic E-state index is 13.0. The van der Waals surface area contributed by atoms with Crippen molar-refractivity contribution in [2.24, 2.45) is 11.3 Å². The highest BCUT2D eigenvalue weighted by molar-refractivity contribution is 5.78. The molecule has 1 atom stereocenters. The van der Waals surface area contributed by atoms with Crippen LogP contribution in [0, 0.1) is 23.7 Å². The van der Waals surface area contributed by atoms with Crippen LogP contribution in [0.2, 0.25) is 0 Å². The van der Waals surface area contributed by atoms with Crippen molar-refractivity contribution in [3.8, 4) is 12.3 Å². The first kappa shape index (κ1) is 22.2. The summed E-state index contributed by atoms with van der Waals surface area (Å²) in [5.74, 6) is 3.14. The van der Waals surface area contributed by atoms with Gasteiger partial charge in [0.1, 0.15) is 12.4 Å². The van der Waals surface area contributed by atoms with Gasteiger partial charge in [0.25, 0.3) is 0 Å². The van der Waals surface area contributed by atoms with E-state index in [0.717, 1.165) is 50.8 Å². The van der Waals surface area contributed by atoms with E-state index in [4.69, 9.17) is 11.5 Å². The summed E-state index contributed by atoms with van der Waals surface area (Å²) in [4.78, 5) is 27.9. The van der Waals surface area contributed by atoms with E-state index in [1.807, 2.05) is 17.9 Å². The Hall–Kier alpha value is -2.46. The normalized spacial score (nSPS) is 20.9. The van der Waals surface area contributed by atoms with E-state index in [9.17, 15) is 14.7 Å². The number of terminal acetylenes is 1. The van der Waals surface area contributed by atoms with Crippen LogP contribution < -0.4 is 5.32 Å². The summed E-state index contributed by atoms with van der Waals surface area (Å²) in [5.41, 5.74) is 1.30. The number of amides is 3. The zero-order chi connectivity index (χ0) is 21.7. The Labute approximate surface area is 178 Å². The third-order valence-electron chi connectivity index (χ3n) is 6.34. The fraction of sp³-hybridized carbons (Fsp3) is 0.652. The molecule has 1 saturated heterocycles. The van der Waals surface area contributed by atoms with Crippen LogP contribution in [0.5, 0.6) is 0 Å². The van der Waals surface area contributed by atoms with Crippen molar-refractivity contribution in [3.05, 3.63) is 23.5 Å². The summed E-state index contributed by atoms with van der Waals surface area (Å²) in [5, 5.41) is 21.6. The van der Waals surface area contributed by atoms with Crippen molar-refractivity contribution in [1.29, 1.82) is 0 Å². The number of nitrogens with zero attached hydrogens (tertiary/aromatic N) is 2. The molecule has 0 aromatic heterocycles. The Morgan fingerprint density at radius 2 is 2.07 bits per heavy atom. The number of likely N-dealkylation sites (tertiary alicyclic amines) is 1. The lowest BCUT2D eigenvalue weighted by molar-refractivity contribution is -0.124. The third-order valence-corrected chi connectivity index (χ3v) is 6.34. The molecule has 3 aliphatic rings. The van der Waals surface area contributed by atoms with Crippen molar-refractivity contribution >= 4 is 11.9 Å². The standard InChI is InChI=1S/C23H33N3O4/c1-3-4-9-25(13-17(2)24-21(29)14-27)22(30)26-15-23(16-26)11-18(12-23)10-19-7-5-6-8-20(19)28/h1,7-8,17-18,27-28H,4-6,9-16H2,2H3,(H,24,29). The molecule has 1 saturated carbocycles. The minimum Gasteiger partial charge on any atom is -0.508 e. The lowest BCUT2D eigenvalue weighted by Crippen LogP contribution is -2.66. The average molecular weight is 416 g/mol. The molecule has 0 aromatic carbocycles. The van der Waals surface area contributed by atoms with Crippen LogP contribution in [-0.2, 0) is 4.79 Å². The Morgan fingerprint density at radius 3 is 2.70 bits per heavy atom. The molecule has 1 unspecified atom stereocenters. The monoisotopic (exact) mass is 415 g/mol. The van der Waals surface area contributed by atoms with Crippen LogP contribution in [0.3, 0.4) is 0 Å². The van der Waals surface area contributed by atoms with Gasteiger partial charge in [0, 0.05) is 44.1 Å². The van der Waals surface area contributed by atoms with Crippen molar-refractivity contribution in [2.45, 2.75) is 51.5 Å². The quantitative estimate of drug-likeness (QED) is 0.530. The molecule has 7 heteroatoms. The molecule has 30 heavy (non-hydrogen) atoms. The van der Waals surface area contributed by atoms with Gasteiger partial charge in [-0.25, -0.2) is 4.79 Å². The summed E-state index contributed by atoms with van der Waals surface area (Å²) >= 11 is 0. The van der Waals surface area contributed by atoms with Gasteiger partial charge in [0.05, 0.1) is 0 Å². The zero-order valence-corrected chi connectivity index (χ0v) is 17.8. The fourth-order valence-electron chi connectivity index (χ4n) is 5.04. The summed E-state index contributed by atoms with van der Waals surface area (Å²) in [6.45, 7) is 3.56. The van der Waals surface area contributed by atoms with Crippen molar-refractivity contribution in [3.63, 3.8) is 0 Å². The maximum Gasteiger partial charge on any atom is 0.320 e. The topological polar surface area (TPSA) is 93.1 Å². The summed E-state index contributed by atoms with van der Waals surface area (Å²) in [7, 11) is 0. The minimum atomic E-state index is -0.567. The van der Waals surface area contributed by atoms with Gasteiger partial charge < -0.3 is 25.3 Å². The van der Waals surface area contributed by atoms with Gasteiger partial charge in [-0.15, -0.1) is 12.3 Å². The van der Waals surface area contributed by atoms with E-state index in [1.54, 1.807) is 4.90 Å². The number of carbonyl (C=O) groups is 2. The Morgan fingerprint density at radius 1 is 1.37 bits per heavy atom. The minimum absolute atomic E-state index is 0.0417. The molecule has 2 aliphatic carbocycles. The number of aliphatic hydroxyl groups is 2. The molecule has 3 N–H and O–H groups in total. The third kappa shape index (κ3) is 5.17. The predicted octanol–water partition coefficient (Wildman–Crippen LogP) is 2.19. The zero-order valence-electron chi connectivity index (χ0n) is 17.8. The van der Waals surface area contributed by atoms with Crippen LogP contribution in [0.1, 0.15) is 45.4 Å². The van der Waals surface area contributed by atoms with Gasteiger partial charge in [-0.1, -0.05) is 6.08 Å². The number of hydrogen-bond acceptors (Lipinski definition) is 4. The van der Waals surface area contributed by atoms with E-state index in [-0.39, 0.29) is 17.5 Å². The maximum absolute atomic E-state index is 13.0. The Bertz CT molecular complexity index is 753. The molecular weight excluding hydrogens is 382 g/mol. The molecule has 1 spiro atoms. The number of urea groups is 1. The average Bonchev–Trinajstić information content (AvgIpc) is 2.66. The SMILES string of the molecule is C#CCCN(CC(C)NC(=O)CO)C(=O)N1CC2(CC(CC3=CCCC=C3O)C2)C1. The van der Waals surface area contributed by atoms with Gasteiger partial charge in [-0.05, 0) is 56.6 Å². The number of carbonyl (C=O) groups excluding carboxylic acids is 2. The van der Waals surface area contributed by atoms with Gasteiger partial charge in [-0.2, -0.15) is 0 Å². The molecular formula is C23H33N3O4. The molecule has 1 heterocycles. The molecule has 3 amide bonds. The first-order chi connectivity index (χ1) is 14.4. The van der Waals surface area contributed by atoms with Crippen molar-refractivity contribution in [1.82, 2.24) is 15.1 Å². The van der Waals surface area contributed by atoms with Crippen LogP contribution in [-0.4, -0.2) is 70.8 Å². The van der Waals surface area contributed by atoms with Gasteiger partial charge in [0.15, 0.2) is 0 Å². The molecule has 0 aromatic rings. The van der Waals surface area contributed by atoms with Gasteiger partial charge in [0.2, 0.25) is 5.91 Å². The number of rotatable bonds is 8. The van der Waals surface area contributed by atoms with Crippen molar-refractivity contribution in [2.75, 3.05) is 32.8 Å². The molecule has 164 valence electrons. The first-order valence-corrected chi connectivity index (χ1v) is 10.8. The highest BCUT2D eigenvalue weighted by atomic mass is 16.3. The molecule has 0 bridgehead atoms. The Balaban J connectivity index is 1.46. The van der Waals surface area contributed by atoms with Gasteiger partial charge in [-0.3, -0.25) is 4.79 Å². The lowest BCUT2D eigenvalue weighted by atomic mass is 9.56. The molecule has 2 fully saturated rings. The highest BCUT2D eigenvalue weighted by Gasteiger charge is 2.54. The van der Waals surface area contributed by atoms with E-state index in [2.05, 4.69) is 17.3 Å². The van der Waals surface area contributed by atoms with E-state index in [1.165, 1.54) is 0 Å². The lowest BCUT2D eigenvalue weighted by Gasteiger charge is -2.59. The number of allylic oxidation sites excluding steroid dienone is 3. The molecule has 3 rings (SSSR count). The second-order valence-corrected chi connectivity index (χ2v) is 9.04. The van der Waals surface area contributed by atoms with Crippen LogP contribution >= 0.6 is 0 Å². The van der Waals surface area contributed by atoms with E-state index in [0.29, 0.717) is 31.2 Å². The fourth-order valence-corrected chi connectivity index (χ4v) is 5.04. The number of nitrogens with one attached hydrogen (secondary N) is 1. The second kappa shape index (κ2) is 9.57. The van der Waals surface area contributed by atoms with Crippen LogP contribution in [0.15, 0.2) is 23.5 Å². The van der Waals surface area contributed by atoms with E-state index >= 15 is 0 Å². The van der Waals surface area contributed by atoms with Gasteiger partial charge >= 0.3 is 6.03 Å². The summed E-state index contributed by atoms with van der Waals surface area (Å²) < 4.78 is 0. The largest absolute Gasteiger partial charge is 0.508 e. The Kier molecular flexibility index (Phi) is 7.09. The van der Waals surface area contributed by atoms with Crippen molar-refractivity contribution < 1.29 is 19.8 Å². The second-order valence-electron chi connectivity index (χ2n) is 9.04. The van der Waals surface area contributed by atoms with Crippen LogP contribution in [0.4, 0.5) is 4.79 Å². The number of aliphatic hydroxyl groups excluding tert-OH is 2. The highest BCUT2D eigenvalue weighted by Crippen LogP contribution is 2.54. The van der Waals surface area contributed by atoms with Crippen LogP contribution in [0.25, 0.3) is 0 Å². The molecule has 0 radical (unpaired) electrons. The predicted molar refractivity (Wildman–Crippen MR) is 114 cm³/mol. The number of hydrogen-bond donors (Lipinski definition) is 3. The molecule has 1 aliphatic heterocycles. The summed E-state index contributed by atoms with van der Waals surface area (Å²) in [6, 6.07) is -0.306. The summed E-state index contributed by atoms with van der Waals surface area (Å²) in [6.07, 6.45) is 14.9. The molecule has 7 nitrogen and oxygen atoms in total.